The van der Waals surface area contributed by atoms with Crippen LogP contribution in [0.2, 0.25) is 0 Å². The number of nitrogens with two attached hydrogens (primary N) is 1. The number of sulfone groups is 1. The van der Waals surface area contributed by atoms with Gasteiger partial charge in [0.2, 0.25) is 9.84 Å². The quantitative estimate of drug-likeness (QED) is 0.784. The van der Waals surface area contributed by atoms with Crippen LogP contribution in [0.1, 0.15) is 6.92 Å². The third-order valence-corrected chi connectivity index (χ3v) is 3.50. The van der Waals surface area contributed by atoms with Gasteiger partial charge in [0, 0.05) is 12.7 Å². The van der Waals surface area contributed by atoms with Gasteiger partial charge < -0.3 is 15.2 Å². The second-order valence-electron chi connectivity index (χ2n) is 3.13. The second-order valence-corrected chi connectivity index (χ2v) is 5.03. The number of ether oxygens (including phenoxy) is 2. The van der Waals surface area contributed by atoms with Gasteiger partial charge in [0.25, 0.3) is 0 Å². The predicted octanol–water partition coefficient (Wildman–Crippen LogP) is 1.05. The van der Waals surface area contributed by atoms with E-state index in [1.54, 1.807) is 13.0 Å². The zero-order chi connectivity index (χ0) is 12.2. The van der Waals surface area contributed by atoms with Crippen LogP contribution in [0.15, 0.2) is 23.1 Å². The van der Waals surface area contributed by atoms with Crippen molar-refractivity contribution < 1.29 is 17.9 Å². The summed E-state index contributed by atoms with van der Waals surface area (Å²) < 4.78 is 33.5. The lowest BCUT2D eigenvalue weighted by Crippen LogP contribution is -2.12. The van der Waals surface area contributed by atoms with Crippen LogP contribution in [0.5, 0.6) is 5.75 Å². The zero-order valence-corrected chi connectivity index (χ0v) is 10.1. The third kappa shape index (κ3) is 2.86. The molecule has 6 heteroatoms. The highest BCUT2D eigenvalue weighted by Crippen LogP contribution is 2.24. The fourth-order valence-corrected chi connectivity index (χ4v) is 2.40. The maximum absolute atomic E-state index is 11.8. The predicted molar refractivity (Wildman–Crippen MR) is 61.1 cm³/mol. The van der Waals surface area contributed by atoms with Gasteiger partial charge in [-0.25, -0.2) is 8.42 Å². The van der Waals surface area contributed by atoms with E-state index in [1.807, 2.05) is 0 Å². The lowest BCUT2D eigenvalue weighted by atomic mass is 10.3. The number of hydrogen-bond acceptors (Lipinski definition) is 5. The van der Waals surface area contributed by atoms with Gasteiger partial charge in [-0.05, 0) is 19.1 Å². The fraction of sp³-hybridized carbons (Fsp3) is 0.400. The first-order chi connectivity index (χ1) is 7.51. The van der Waals surface area contributed by atoms with E-state index in [2.05, 4.69) is 0 Å². The molecule has 0 amide bonds. The molecule has 0 aliphatic rings. The summed E-state index contributed by atoms with van der Waals surface area (Å²) in [5.74, 6) is 0.0743. The molecule has 0 aliphatic carbocycles. The van der Waals surface area contributed by atoms with Crippen molar-refractivity contribution in [3.63, 3.8) is 0 Å². The van der Waals surface area contributed by atoms with E-state index < -0.39 is 9.84 Å². The summed E-state index contributed by atoms with van der Waals surface area (Å²) in [7, 11) is -2.05. The van der Waals surface area contributed by atoms with Gasteiger partial charge in [0.15, 0.2) is 5.94 Å². The zero-order valence-electron chi connectivity index (χ0n) is 9.26. The average molecular weight is 245 g/mol. The van der Waals surface area contributed by atoms with Gasteiger partial charge >= 0.3 is 0 Å². The molecule has 2 N–H and O–H groups in total. The Kier molecular flexibility index (Phi) is 4.14. The van der Waals surface area contributed by atoms with Gasteiger partial charge in [-0.1, -0.05) is 0 Å². The van der Waals surface area contributed by atoms with E-state index in [0.29, 0.717) is 12.4 Å². The maximum atomic E-state index is 11.8. The molecule has 1 aromatic carbocycles. The van der Waals surface area contributed by atoms with E-state index in [1.165, 1.54) is 19.2 Å². The Balaban J connectivity index is 3.11. The molecule has 0 saturated heterocycles. The SMILES string of the molecule is CCOCS(=O)(=O)c1cc(OC)ccc1N. The molecular formula is C10H15NO4S. The summed E-state index contributed by atoms with van der Waals surface area (Å²) in [5, 5.41) is 0. The monoisotopic (exact) mass is 245 g/mol. The van der Waals surface area contributed by atoms with E-state index in [4.69, 9.17) is 15.2 Å². The van der Waals surface area contributed by atoms with Crippen LogP contribution in [0.3, 0.4) is 0 Å². The Morgan fingerprint density at radius 3 is 2.62 bits per heavy atom. The first kappa shape index (κ1) is 12.8. The number of benzene rings is 1. The van der Waals surface area contributed by atoms with Crippen molar-refractivity contribution >= 4 is 15.5 Å². The Morgan fingerprint density at radius 2 is 2.06 bits per heavy atom. The lowest BCUT2D eigenvalue weighted by Gasteiger charge is -2.09. The van der Waals surface area contributed by atoms with Crippen LogP contribution < -0.4 is 10.5 Å². The highest BCUT2D eigenvalue weighted by Gasteiger charge is 2.18. The number of methoxy groups -OCH3 is 1. The van der Waals surface area contributed by atoms with E-state index in [-0.39, 0.29) is 16.5 Å². The Hall–Kier alpha value is -1.27. The molecule has 0 heterocycles. The van der Waals surface area contributed by atoms with Crippen molar-refractivity contribution in [2.45, 2.75) is 11.8 Å². The molecule has 0 spiro atoms. The summed E-state index contributed by atoms with van der Waals surface area (Å²) in [6.45, 7) is 2.06. The molecular weight excluding hydrogens is 230 g/mol. The van der Waals surface area contributed by atoms with Crippen LogP contribution >= 0.6 is 0 Å². The molecule has 0 atom stereocenters. The summed E-state index contributed by atoms with van der Waals surface area (Å²) in [6.07, 6.45) is 0. The highest BCUT2D eigenvalue weighted by atomic mass is 32.2. The van der Waals surface area contributed by atoms with Crippen molar-refractivity contribution in [3.8, 4) is 5.75 Å². The van der Waals surface area contributed by atoms with Gasteiger partial charge in [-0.2, -0.15) is 0 Å². The lowest BCUT2D eigenvalue weighted by molar-refractivity contribution is 0.192. The second kappa shape index (κ2) is 5.18. The van der Waals surface area contributed by atoms with E-state index in [9.17, 15) is 8.42 Å². The molecule has 0 radical (unpaired) electrons. The molecule has 1 aromatic rings. The molecule has 0 unspecified atom stereocenters. The Morgan fingerprint density at radius 1 is 1.38 bits per heavy atom. The molecule has 1 rings (SSSR count). The summed E-state index contributed by atoms with van der Waals surface area (Å²) in [5.41, 5.74) is 5.81. The van der Waals surface area contributed by atoms with Crippen LogP contribution in [0, 0.1) is 0 Å². The maximum Gasteiger partial charge on any atom is 0.204 e. The summed E-state index contributed by atoms with van der Waals surface area (Å²) >= 11 is 0. The number of anilines is 1. The standard InChI is InChI=1S/C10H15NO4S/c1-3-15-7-16(12,13)10-6-8(14-2)4-5-9(10)11/h4-6H,3,7,11H2,1-2H3. The molecule has 0 bridgehead atoms. The van der Waals surface area contributed by atoms with Crippen LogP contribution in [-0.2, 0) is 14.6 Å². The highest BCUT2D eigenvalue weighted by molar-refractivity contribution is 7.91. The number of hydrogen-bond donors (Lipinski definition) is 1. The van der Waals surface area contributed by atoms with E-state index >= 15 is 0 Å². The van der Waals surface area contributed by atoms with Crippen LogP contribution in [0.4, 0.5) is 5.69 Å². The van der Waals surface area contributed by atoms with Crippen LogP contribution in [-0.4, -0.2) is 28.1 Å². The van der Waals surface area contributed by atoms with Crippen molar-refractivity contribution in [2.75, 3.05) is 25.4 Å². The average Bonchev–Trinajstić information content (AvgIpc) is 2.27. The first-order valence-electron chi connectivity index (χ1n) is 4.75. The Bertz CT molecular complexity index is 456. The van der Waals surface area contributed by atoms with Gasteiger partial charge in [0.1, 0.15) is 5.75 Å². The normalized spacial score (nSPS) is 11.4. The van der Waals surface area contributed by atoms with Crippen molar-refractivity contribution in [1.29, 1.82) is 0 Å². The molecule has 90 valence electrons. The number of rotatable bonds is 5. The largest absolute Gasteiger partial charge is 0.497 e. The van der Waals surface area contributed by atoms with Gasteiger partial charge in [0.05, 0.1) is 17.7 Å². The van der Waals surface area contributed by atoms with Crippen LogP contribution in [0.25, 0.3) is 0 Å². The molecule has 0 aliphatic heterocycles. The smallest absolute Gasteiger partial charge is 0.204 e. The molecule has 0 fully saturated rings. The topological polar surface area (TPSA) is 78.6 Å². The van der Waals surface area contributed by atoms with E-state index in [0.717, 1.165) is 0 Å². The minimum Gasteiger partial charge on any atom is -0.497 e. The molecule has 16 heavy (non-hydrogen) atoms. The molecule has 0 saturated carbocycles. The molecule has 0 aromatic heterocycles. The minimum atomic E-state index is -3.51. The van der Waals surface area contributed by atoms with Crippen molar-refractivity contribution in [3.05, 3.63) is 18.2 Å². The number of nitrogen functional groups attached to an aromatic ring is 1. The Labute approximate surface area is 95.1 Å². The first-order valence-corrected chi connectivity index (χ1v) is 6.40. The van der Waals surface area contributed by atoms with Crippen molar-refractivity contribution in [1.82, 2.24) is 0 Å². The third-order valence-electron chi connectivity index (χ3n) is 2.00. The summed E-state index contributed by atoms with van der Waals surface area (Å²) in [6, 6.07) is 4.50. The molecule has 5 nitrogen and oxygen atoms in total. The minimum absolute atomic E-state index is 0.0419. The van der Waals surface area contributed by atoms with Gasteiger partial charge in [-0.3, -0.25) is 0 Å². The fourth-order valence-electron chi connectivity index (χ4n) is 1.17. The summed E-state index contributed by atoms with van der Waals surface area (Å²) in [4.78, 5) is 0.0419. The van der Waals surface area contributed by atoms with Crippen molar-refractivity contribution in [2.24, 2.45) is 0 Å². The van der Waals surface area contributed by atoms with Gasteiger partial charge in [-0.15, -0.1) is 0 Å².